The smallest absolute Gasteiger partial charge is 0.410 e. The lowest BCUT2D eigenvalue weighted by Crippen LogP contribution is -2.48. The minimum absolute atomic E-state index is 0.0682. The van der Waals surface area contributed by atoms with Crippen molar-refractivity contribution in [2.24, 2.45) is 0 Å². The van der Waals surface area contributed by atoms with Gasteiger partial charge in [-0.05, 0) is 69.4 Å². The van der Waals surface area contributed by atoms with Crippen LogP contribution >= 0.6 is 0 Å². The largest absolute Gasteiger partial charge is 0.444 e. The molecular formula is C33H41N5O4. The number of aliphatic hydroxyl groups excluding tert-OH is 1. The van der Waals surface area contributed by atoms with Crippen LogP contribution in [0.15, 0.2) is 73.1 Å². The van der Waals surface area contributed by atoms with Crippen molar-refractivity contribution in [1.82, 2.24) is 24.7 Å². The average Bonchev–Trinajstić information content (AvgIpc) is 3.41. The molecule has 1 aromatic carbocycles. The summed E-state index contributed by atoms with van der Waals surface area (Å²) in [6, 6.07) is 18.5. The molecule has 0 bridgehead atoms. The molecule has 0 radical (unpaired) electrons. The molecular weight excluding hydrogens is 530 g/mol. The van der Waals surface area contributed by atoms with Crippen molar-refractivity contribution in [3.8, 4) is 0 Å². The number of hydrogen-bond donors (Lipinski definition) is 1. The van der Waals surface area contributed by atoms with Crippen molar-refractivity contribution in [2.75, 3.05) is 26.2 Å². The zero-order chi connectivity index (χ0) is 29.7. The Hall–Kier alpha value is -3.82. The van der Waals surface area contributed by atoms with Gasteiger partial charge in [0.2, 0.25) is 0 Å². The standard InChI is InChI=1S/C33H41N5O4/c1-33(2,3)42-32(41)38-27(13-15-29(38)30(39)25-9-5-4-6-10-25)21-24-12-14-28(35-22-24)31(40)37-19-17-36(18-20-37)23-26-11-7-8-16-34-26/h4-12,14,16,22,27,29-30,39H,13,15,17-21,23H2,1-3H3/t27?,29?,30-/m1/s1. The first-order valence-corrected chi connectivity index (χ1v) is 14.8. The van der Waals surface area contributed by atoms with Crippen molar-refractivity contribution in [3.63, 3.8) is 0 Å². The van der Waals surface area contributed by atoms with E-state index in [2.05, 4.69) is 14.9 Å². The normalized spacial score (nSPS) is 20.4. The molecule has 42 heavy (non-hydrogen) atoms. The molecule has 3 aromatic rings. The van der Waals surface area contributed by atoms with E-state index in [1.54, 1.807) is 23.4 Å². The minimum Gasteiger partial charge on any atom is -0.444 e. The van der Waals surface area contributed by atoms with Crippen LogP contribution in [0.25, 0.3) is 0 Å². The van der Waals surface area contributed by atoms with Gasteiger partial charge in [-0.15, -0.1) is 0 Å². The van der Waals surface area contributed by atoms with Gasteiger partial charge in [-0.1, -0.05) is 42.5 Å². The maximum Gasteiger partial charge on any atom is 0.410 e. The first kappa shape index (κ1) is 29.7. The van der Waals surface area contributed by atoms with Crippen LogP contribution in [-0.2, 0) is 17.7 Å². The highest BCUT2D eigenvalue weighted by Gasteiger charge is 2.43. The molecule has 0 saturated carbocycles. The van der Waals surface area contributed by atoms with Gasteiger partial charge < -0.3 is 14.7 Å². The Bertz CT molecular complexity index is 1320. The van der Waals surface area contributed by atoms with Gasteiger partial charge in [0.1, 0.15) is 11.3 Å². The van der Waals surface area contributed by atoms with Crippen LogP contribution in [0.5, 0.6) is 0 Å². The number of piperazine rings is 1. The SMILES string of the molecule is CC(C)(C)OC(=O)N1C(Cc2ccc(C(=O)N3CCN(Cc4ccccn4)CC3)nc2)CCC1[C@H](O)c1ccccc1. The van der Waals surface area contributed by atoms with E-state index in [0.29, 0.717) is 31.6 Å². The molecule has 222 valence electrons. The lowest BCUT2D eigenvalue weighted by atomic mass is 10.0. The summed E-state index contributed by atoms with van der Waals surface area (Å²) in [5.74, 6) is -0.0682. The molecule has 9 heteroatoms. The zero-order valence-corrected chi connectivity index (χ0v) is 24.7. The second-order valence-corrected chi connectivity index (χ2v) is 12.2. The third-order valence-corrected chi connectivity index (χ3v) is 7.94. The number of carbonyl (C=O) groups is 2. The first-order chi connectivity index (χ1) is 20.2. The van der Waals surface area contributed by atoms with Crippen LogP contribution in [0.3, 0.4) is 0 Å². The Balaban J connectivity index is 1.21. The fourth-order valence-electron chi connectivity index (χ4n) is 5.83. The molecule has 2 fully saturated rings. The van der Waals surface area contributed by atoms with E-state index < -0.39 is 23.8 Å². The van der Waals surface area contributed by atoms with Gasteiger partial charge in [-0.3, -0.25) is 24.6 Å². The molecule has 2 aliphatic heterocycles. The van der Waals surface area contributed by atoms with Crippen LogP contribution in [0.2, 0.25) is 0 Å². The highest BCUT2D eigenvalue weighted by atomic mass is 16.6. The number of hydrogen-bond acceptors (Lipinski definition) is 7. The van der Waals surface area contributed by atoms with Gasteiger partial charge >= 0.3 is 6.09 Å². The topological polar surface area (TPSA) is 99.1 Å². The van der Waals surface area contributed by atoms with E-state index in [-0.39, 0.29) is 11.9 Å². The maximum absolute atomic E-state index is 13.4. The number of aliphatic hydroxyl groups is 1. The Morgan fingerprint density at radius 3 is 2.33 bits per heavy atom. The van der Waals surface area contributed by atoms with Crippen LogP contribution in [-0.4, -0.2) is 85.6 Å². The van der Waals surface area contributed by atoms with Crippen molar-refractivity contribution < 1.29 is 19.4 Å². The lowest BCUT2D eigenvalue weighted by molar-refractivity contribution is -0.00454. The summed E-state index contributed by atoms with van der Waals surface area (Å²) in [4.78, 5) is 41.3. The average molecular weight is 572 g/mol. The van der Waals surface area contributed by atoms with Crippen molar-refractivity contribution >= 4 is 12.0 Å². The van der Waals surface area contributed by atoms with Gasteiger partial charge in [0.25, 0.3) is 5.91 Å². The Kier molecular flexibility index (Phi) is 9.18. The number of pyridine rings is 2. The Morgan fingerprint density at radius 2 is 1.69 bits per heavy atom. The number of aromatic nitrogens is 2. The predicted molar refractivity (Wildman–Crippen MR) is 160 cm³/mol. The molecule has 2 unspecified atom stereocenters. The molecule has 2 aromatic heterocycles. The molecule has 2 amide bonds. The first-order valence-electron chi connectivity index (χ1n) is 14.8. The van der Waals surface area contributed by atoms with Crippen LogP contribution in [0, 0.1) is 0 Å². The molecule has 5 rings (SSSR count). The third kappa shape index (κ3) is 7.33. The quantitative estimate of drug-likeness (QED) is 0.447. The lowest BCUT2D eigenvalue weighted by Gasteiger charge is -2.35. The minimum atomic E-state index is -0.814. The van der Waals surface area contributed by atoms with Gasteiger partial charge in [-0.2, -0.15) is 0 Å². The van der Waals surface area contributed by atoms with Crippen LogP contribution in [0.1, 0.15) is 67.0 Å². The Labute approximate surface area is 248 Å². The summed E-state index contributed by atoms with van der Waals surface area (Å²) in [5, 5.41) is 11.2. The molecule has 2 aliphatic rings. The summed E-state index contributed by atoms with van der Waals surface area (Å²) >= 11 is 0. The van der Waals surface area contributed by atoms with Crippen molar-refractivity contribution in [3.05, 3.63) is 95.6 Å². The number of ether oxygens (including phenoxy) is 1. The second-order valence-electron chi connectivity index (χ2n) is 12.2. The molecule has 2 saturated heterocycles. The summed E-state index contributed by atoms with van der Waals surface area (Å²) in [6.45, 7) is 9.19. The number of rotatable bonds is 7. The van der Waals surface area contributed by atoms with E-state index in [4.69, 9.17) is 4.74 Å². The number of amides is 2. The van der Waals surface area contributed by atoms with Gasteiger partial charge in [0.15, 0.2) is 0 Å². The molecule has 9 nitrogen and oxygen atoms in total. The van der Waals surface area contributed by atoms with Gasteiger partial charge in [0, 0.05) is 51.2 Å². The van der Waals surface area contributed by atoms with E-state index >= 15 is 0 Å². The highest BCUT2D eigenvalue weighted by Crippen LogP contribution is 2.35. The molecule has 3 atom stereocenters. The summed E-state index contributed by atoms with van der Waals surface area (Å²) < 4.78 is 5.77. The fraction of sp³-hybridized carbons (Fsp3) is 0.455. The molecule has 0 aliphatic carbocycles. The second kappa shape index (κ2) is 13.0. The number of likely N-dealkylation sites (tertiary alicyclic amines) is 1. The van der Waals surface area contributed by atoms with E-state index in [1.807, 2.05) is 80.3 Å². The summed E-state index contributed by atoms with van der Waals surface area (Å²) in [6.07, 6.45) is 4.26. The fourth-order valence-corrected chi connectivity index (χ4v) is 5.83. The molecule has 0 spiro atoms. The summed E-state index contributed by atoms with van der Waals surface area (Å²) in [5.41, 5.74) is 2.51. The molecule has 1 N–H and O–H groups in total. The number of carbonyl (C=O) groups excluding carboxylic acids is 2. The predicted octanol–water partition coefficient (Wildman–Crippen LogP) is 4.48. The Morgan fingerprint density at radius 1 is 0.952 bits per heavy atom. The highest BCUT2D eigenvalue weighted by molar-refractivity contribution is 5.92. The van der Waals surface area contributed by atoms with Crippen LogP contribution in [0.4, 0.5) is 4.79 Å². The van der Waals surface area contributed by atoms with E-state index in [1.165, 1.54) is 0 Å². The zero-order valence-electron chi connectivity index (χ0n) is 24.7. The van der Waals surface area contributed by atoms with E-state index in [0.717, 1.165) is 42.9 Å². The van der Waals surface area contributed by atoms with Crippen LogP contribution < -0.4 is 0 Å². The molecule has 4 heterocycles. The van der Waals surface area contributed by atoms with Crippen molar-refractivity contribution in [2.45, 2.75) is 70.4 Å². The summed E-state index contributed by atoms with van der Waals surface area (Å²) in [7, 11) is 0. The number of benzene rings is 1. The van der Waals surface area contributed by atoms with Crippen molar-refractivity contribution in [1.29, 1.82) is 0 Å². The number of nitrogens with zero attached hydrogens (tertiary/aromatic N) is 5. The van der Waals surface area contributed by atoms with E-state index in [9.17, 15) is 14.7 Å². The van der Waals surface area contributed by atoms with Gasteiger partial charge in [-0.25, -0.2) is 4.79 Å². The third-order valence-electron chi connectivity index (χ3n) is 7.94. The van der Waals surface area contributed by atoms with Gasteiger partial charge in [0.05, 0.1) is 17.8 Å². The maximum atomic E-state index is 13.4. The monoisotopic (exact) mass is 571 g/mol.